The SMILES string of the molecule is Cc1cc(C(=O)N2CC(=O)NCC2C(=O)O)c(C)s1. The van der Waals surface area contributed by atoms with Crippen molar-refractivity contribution in [3.63, 3.8) is 0 Å². The molecule has 1 saturated heterocycles. The summed E-state index contributed by atoms with van der Waals surface area (Å²) in [6.45, 7) is 3.42. The van der Waals surface area contributed by atoms with Gasteiger partial charge in [-0.05, 0) is 19.9 Å². The van der Waals surface area contributed by atoms with Crippen LogP contribution in [0, 0.1) is 13.8 Å². The second-order valence-electron chi connectivity index (χ2n) is 4.42. The van der Waals surface area contributed by atoms with E-state index in [4.69, 9.17) is 5.11 Å². The Morgan fingerprint density at radius 3 is 2.68 bits per heavy atom. The number of hydrogen-bond acceptors (Lipinski definition) is 4. The van der Waals surface area contributed by atoms with Crippen LogP contribution in [-0.4, -0.2) is 46.9 Å². The standard InChI is InChI=1S/C12H14N2O4S/c1-6-3-8(7(2)19-6)11(16)14-5-10(15)13-4-9(14)12(17)18/h3,9H,4-5H2,1-2H3,(H,13,15)(H,17,18). The van der Waals surface area contributed by atoms with Crippen molar-refractivity contribution in [1.82, 2.24) is 10.2 Å². The van der Waals surface area contributed by atoms with Crippen molar-refractivity contribution in [3.05, 3.63) is 21.4 Å². The maximum Gasteiger partial charge on any atom is 0.328 e. The lowest BCUT2D eigenvalue weighted by molar-refractivity contribution is -0.144. The summed E-state index contributed by atoms with van der Waals surface area (Å²) < 4.78 is 0. The van der Waals surface area contributed by atoms with E-state index in [1.54, 1.807) is 6.07 Å². The zero-order valence-electron chi connectivity index (χ0n) is 10.6. The van der Waals surface area contributed by atoms with Gasteiger partial charge in [-0.1, -0.05) is 0 Å². The number of nitrogens with zero attached hydrogens (tertiary/aromatic N) is 1. The third-order valence-corrected chi connectivity index (χ3v) is 3.97. The molecule has 1 aromatic rings. The first-order chi connectivity index (χ1) is 8.90. The summed E-state index contributed by atoms with van der Waals surface area (Å²) in [5.74, 6) is -1.85. The molecule has 2 heterocycles. The first-order valence-electron chi connectivity index (χ1n) is 5.77. The maximum atomic E-state index is 12.4. The number of carboxylic acids is 1. The highest BCUT2D eigenvalue weighted by molar-refractivity contribution is 7.12. The Hall–Kier alpha value is -1.89. The van der Waals surface area contributed by atoms with Gasteiger partial charge < -0.3 is 15.3 Å². The molecule has 0 aromatic carbocycles. The number of aliphatic carboxylic acids is 1. The smallest absolute Gasteiger partial charge is 0.328 e. The van der Waals surface area contributed by atoms with E-state index in [9.17, 15) is 14.4 Å². The largest absolute Gasteiger partial charge is 0.480 e. The van der Waals surface area contributed by atoms with Gasteiger partial charge in [0.2, 0.25) is 5.91 Å². The third-order valence-electron chi connectivity index (χ3n) is 3.00. The molecule has 1 aliphatic rings. The Morgan fingerprint density at radius 1 is 1.47 bits per heavy atom. The van der Waals surface area contributed by atoms with E-state index in [0.29, 0.717) is 5.56 Å². The van der Waals surface area contributed by atoms with Crippen LogP contribution in [0.25, 0.3) is 0 Å². The van der Waals surface area contributed by atoms with Crippen molar-refractivity contribution in [3.8, 4) is 0 Å². The van der Waals surface area contributed by atoms with E-state index >= 15 is 0 Å². The van der Waals surface area contributed by atoms with Gasteiger partial charge in [0, 0.05) is 16.3 Å². The molecule has 0 radical (unpaired) electrons. The monoisotopic (exact) mass is 282 g/mol. The van der Waals surface area contributed by atoms with E-state index in [1.807, 2.05) is 13.8 Å². The number of carbonyl (C=O) groups excluding carboxylic acids is 2. The molecule has 1 aliphatic heterocycles. The number of thiophene rings is 1. The van der Waals surface area contributed by atoms with E-state index in [2.05, 4.69) is 5.32 Å². The zero-order valence-corrected chi connectivity index (χ0v) is 11.4. The molecule has 0 bridgehead atoms. The molecule has 102 valence electrons. The number of piperazine rings is 1. The molecule has 1 aromatic heterocycles. The Morgan fingerprint density at radius 2 is 2.16 bits per heavy atom. The summed E-state index contributed by atoms with van der Waals surface area (Å²) in [6, 6.07) is 0.720. The fourth-order valence-corrected chi connectivity index (χ4v) is 2.99. The molecule has 0 saturated carbocycles. The van der Waals surface area contributed by atoms with Crippen molar-refractivity contribution in [2.75, 3.05) is 13.1 Å². The molecule has 2 amide bonds. The highest BCUT2D eigenvalue weighted by atomic mass is 32.1. The van der Waals surface area contributed by atoms with Crippen LogP contribution in [0.2, 0.25) is 0 Å². The van der Waals surface area contributed by atoms with Crippen LogP contribution in [0.15, 0.2) is 6.07 Å². The van der Waals surface area contributed by atoms with Gasteiger partial charge in [-0.2, -0.15) is 0 Å². The van der Waals surface area contributed by atoms with Crippen molar-refractivity contribution in [2.45, 2.75) is 19.9 Å². The predicted molar refractivity (Wildman–Crippen MR) is 69.3 cm³/mol. The summed E-state index contributed by atoms with van der Waals surface area (Å²) in [4.78, 5) is 37.8. The molecule has 2 N–H and O–H groups in total. The van der Waals surface area contributed by atoms with E-state index in [-0.39, 0.29) is 19.0 Å². The summed E-state index contributed by atoms with van der Waals surface area (Å²) in [5, 5.41) is 11.6. The molecule has 2 rings (SSSR count). The molecule has 6 nitrogen and oxygen atoms in total. The molecular weight excluding hydrogens is 268 g/mol. The third kappa shape index (κ3) is 2.60. The molecule has 1 unspecified atom stereocenters. The topological polar surface area (TPSA) is 86.7 Å². The highest BCUT2D eigenvalue weighted by Crippen LogP contribution is 2.23. The Bertz CT molecular complexity index is 552. The lowest BCUT2D eigenvalue weighted by Gasteiger charge is -2.32. The van der Waals surface area contributed by atoms with Gasteiger partial charge in [0.25, 0.3) is 5.91 Å². The molecular formula is C12H14N2O4S. The number of carboxylic acid groups (broad SMARTS) is 1. The second kappa shape index (κ2) is 5.00. The summed E-state index contributed by atoms with van der Waals surface area (Å²) in [5.41, 5.74) is 0.475. The number of hydrogen-bond donors (Lipinski definition) is 2. The fourth-order valence-electron chi connectivity index (χ4n) is 2.07. The first kappa shape index (κ1) is 13.5. The van der Waals surface area contributed by atoms with Gasteiger partial charge in [-0.25, -0.2) is 4.79 Å². The van der Waals surface area contributed by atoms with E-state index in [1.165, 1.54) is 11.3 Å². The number of nitrogens with one attached hydrogen (secondary N) is 1. The summed E-state index contributed by atoms with van der Waals surface area (Å²) >= 11 is 1.48. The molecule has 19 heavy (non-hydrogen) atoms. The van der Waals surface area contributed by atoms with E-state index in [0.717, 1.165) is 14.7 Å². The Labute approximate surface area is 114 Å². The predicted octanol–water partition coefficient (Wildman–Crippen LogP) is 0.390. The molecule has 7 heteroatoms. The average Bonchev–Trinajstić information content (AvgIpc) is 2.67. The lowest BCUT2D eigenvalue weighted by atomic mass is 10.1. The van der Waals surface area contributed by atoms with Gasteiger partial charge >= 0.3 is 5.97 Å². The Balaban J connectivity index is 2.31. The van der Waals surface area contributed by atoms with Crippen LogP contribution in [0.5, 0.6) is 0 Å². The summed E-state index contributed by atoms with van der Waals surface area (Å²) in [7, 11) is 0. The quantitative estimate of drug-likeness (QED) is 0.821. The van der Waals surface area contributed by atoms with Crippen LogP contribution >= 0.6 is 11.3 Å². The fraction of sp³-hybridized carbons (Fsp3) is 0.417. The van der Waals surface area contributed by atoms with Crippen LogP contribution in [-0.2, 0) is 9.59 Å². The normalized spacial score (nSPS) is 19.2. The van der Waals surface area contributed by atoms with Gasteiger partial charge in [0.15, 0.2) is 0 Å². The van der Waals surface area contributed by atoms with Crippen molar-refractivity contribution in [1.29, 1.82) is 0 Å². The van der Waals surface area contributed by atoms with E-state index < -0.39 is 17.9 Å². The summed E-state index contributed by atoms with van der Waals surface area (Å²) in [6.07, 6.45) is 0. The van der Waals surface area contributed by atoms with Crippen LogP contribution in [0.3, 0.4) is 0 Å². The average molecular weight is 282 g/mol. The number of aryl methyl sites for hydroxylation is 2. The van der Waals surface area contributed by atoms with Crippen LogP contribution in [0.1, 0.15) is 20.1 Å². The molecule has 1 atom stereocenters. The minimum atomic E-state index is -1.11. The highest BCUT2D eigenvalue weighted by Gasteiger charge is 2.36. The zero-order chi connectivity index (χ0) is 14.2. The van der Waals surface area contributed by atoms with Gasteiger partial charge in [0.05, 0.1) is 5.56 Å². The number of amides is 2. The van der Waals surface area contributed by atoms with Gasteiger partial charge in [-0.15, -0.1) is 11.3 Å². The van der Waals surface area contributed by atoms with Crippen molar-refractivity contribution >= 4 is 29.1 Å². The van der Waals surface area contributed by atoms with Crippen LogP contribution < -0.4 is 5.32 Å². The lowest BCUT2D eigenvalue weighted by Crippen LogP contribution is -2.59. The van der Waals surface area contributed by atoms with Crippen molar-refractivity contribution < 1.29 is 19.5 Å². The van der Waals surface area contributed by atoms with Crippen LogP contribution in [0.4, 0.5) is 0 Å². The minimum Gasteiger partial charge on any atom is -0.480 e. The number of carbonyl (C=O) groups is 3. The minimum absolute atomic E-state index is 0.0535. The second-order valence-corrected chi connectivity index (χ2v) is 5.88. The number of rotatable bonds is 2. The van der Waals surface area contributed by atoms with Crippen molar-refractivity contribution in [2.24, 2.45) is 0 Å². The molecule has 0 aliphatic carbocycles. The maximum absolute atomic E-state index is 12.4. The molecule has 0 spiro atoms. The van der Waals surface area contributed by atoms with Gasteiger partial charge in [0.1, 0.15) is 12.6 Å². The first-order valence-corrected chi connectivity index (χ1v) is 6.59. The molecule has 1 fully saturated rings. The van der Waals surface area contributed by atoms with Gasteiger partial charge in [-0.3, -0.25) is 9.59 Å². The Kier molecular flexibility index (Phi) is 3.57.